The molecule has 0 aliphatic rings. The van der Waals surface area contributed by atoms with E-state index in [1.54, 1.807) is 7.11 Å². The average molecular weight is 328 g/mol. The molecule has 0 unspecified atom stereocenters. The minimum Gasteiger partial charge on any atom is -0.494 e. The van der Waals surface area contributed by atoms with Gasteiger partial charge in [0, 0.05) is 18.4 Å². The lowest BCUT2D eigenvalue weighted by molar-refractivity contribution is 0.185. The molecule has 5 heteroatoms. The molecule has 0 spiro atoms. The number of benzene rings is 2. The molecule has 0 bridgehead atoms. The molecule has 0 heterocycles. The number of carbonyl (C=O) groups is 1. The molecular formula is C19H24N2O3. The summed E-state index contributed by atoms with van der Waals surface area (Å²) < 4.78 is 10.6. The molecule has 2 amide bonds. The molecule has 24 heavy (non-hydrogen) atoms. The Kier molecular flexibility index (Phi) is 6.63. The van der Waals surface area contributed by atoms with E-state index >= 15 is 0 Å². The molecule has 5 nitrogen and oxygen atoms in total. The van der Waals surface area contributed by atoms with E-state index in [2.05, 4.69) is 10.6 Å². The van der Waals surface area contributed by atoms with Crippen LogP contribution in [0.2, 0.25) is 0 Å². The van der Waals surface area contributed by atoms with Gasteiger partial charge in [0.1, 0.15) is 5.75 Å². The molecule has 0 radical (unpaired) electrons. The molecule has 0 aromatic heterocycles. The van der Waals surface area contributed by atoms with Crippen molar-refractivity contribution < 1.29 is 14.3 Å². The predicted molar refractivity (Wildman–Crippen MR) is 95.3 cm³/mol. The van der Waals surface area contributed by atoms with Crippen LogP contribution in [-0.2, 0) is 11.3 Å². The zero-order valence-electron chi connectivity index (χ0n) is 14.3. The lowest BCUT2D eigenvalue weighted by atomic mass is 10.1. The summed E-state index contributed by atoms with van der Waals surface area (Å²) in [5.74, 6) is 0.800. The predicted octanol–water partition coefficient (Wildman–Crippen LogP) is 4.11. The Labute approximate surface area is 143 Å². The van der Waals surface area contributed by atoms with Crippen molar-refractivity contribution in [2.75, 3.05) is 19.0 Å². The number of amides is 2. The zero-order chi connectivity index (χ0) is 17.4. The number of rotatable bonds is 7. The number of hydrogen-bond acceptors (Lipinski definition) is 3. The Hall–Kier alpha value is -2.53. The second kappa shape index (κ2) is 8.93. The summed E-state index contributed by atoms with van der Waals surface area (Å²) in [4.78, 5) is 12.3. The van der Waals surface area contributed by atoms with Crippen LogP contribution >= 0.6 is 0 Å². The van der Waals surface area contributed by atoms with E-state index in [9.17, 15) is 4.79 Å². The molecule has 2 rings (SSSR count). The standard InChI is InChI=1S/C19H24N2O3/c1-4-24-17-10-7-9-15(12-17)14(2)20-19(22)21-18-11-6-5-8-16(18)13-23-3/h5-12,14H,4,13H2,1-3H3,(H2,20,21,22)/t14-/m1/s1. The lowest BCUT2D eigenvalue weighted by Crippen LogP contribution is -2.31. The van der Waals surface area contributed by atoms with Crippen molar-refractivity contribution >= 4 is 11.7 Å². The number of nitrogens with one attached hydrogen (secondary N) is 2. The maximum absolute atomic E-state index is 12.3. The highest BCUT2D eigenvalue weighted by atomic mass is 16.5. The fraction of sp³-hybridized carbons (Fsp3) is 0.316. The van der Waals surface area contributed by atoms with Gasteiger partial charge in [0.2, 0.25) is 0 Å². The minimum absolute atomic E-state index is 0.139. The van der Waals surface area contributed by atoms with E-state index in [-0.39, 0.29) is 12.1 Å². The molecule has 0 aliphatic heterocycles. The van der Waals surface area contributed by atoms with Gasteiger partial charge in [-0.2, -0.15) is 0 Å². The van der Waals surface area contributed by atoms with Crippen molar-refractivity contribution in [1.82, 2.24) is 5.32 Å². The number of methoxy groups -OCH3 is 1. The Morgan fingerprint density at radius 1 is 1.17 bits per heavy atom. The van der Waals surface area contributed by atoms with Gasteiger partial charge in [0.05, 0.1) is 19.3 Å². The summed E-state index contributed by atoms with van der Waals surface area (Å²) in [7, 11) is 1.63. The largest absolute Gasteiger partial charge is 0.494 e. The molecule has 0 saturated heterocycles. The molecule has 2 N–H and O–H groups in total. The van der Waals surface area contributed by atoms with E-state index in [0.29, 0.717) is 13.2 Å². The van der Waals surface area contributed by atoms with Gasteiger partial charge in [0.25, 0.3) is 0 Å². The Balaban J connectivity index is 2.00. The number of hydrogen-bond donors (Lipinski definition) is 2. The SMILES string of the molecule is CCOc1cccc([C@@H](C)NC(=O)Nc2ccccc2COC)c1. The van der Waals surface area contributed by atoms with Crippen molar-refractivity contribution in [3.8, 4) is 5.75 Å². The lowest BCUT2D eigenvalue weighted by Gasteiger charge is -2.17. The summed E-state index contributed by atoms with van der Waals surface area (Å²) >= 11 is 0. The van der Waals surface area contributed by atoms with Gasteiger partial charge in [-0.05, 0) is 37.6 Å². The van der Waals surface area contributed by atoms with Gasteiger partial charge >= 0.3 is 6.03 Å². The van der Waals surface area contributed by atoms with E-state index in [1.165, 1.54) is 0 Å². The van der Waals surface area contributed by atoms with Crippen LogP contribution in [0, 0.1) is 0 Å². The highest BCUT2D eigenvalue weighted by Gasteiger charge is 2.12. The van der Waals surface area contributed by atoms with Gasteiger partial charge < -0.3 is 20.1 Å². The summed E-state index contributed by atoms with van der Waals surface area (Å²) in [6, 6.07) is 14.9. The van der Waals surface area contributed by atoms with Crippen LogP contribution < -0.4 is 15.4 Å². The number of para-hydroxylation sites is 1. The summed E-state index contributed by atoms with van der Waals surface area (Å²) in [6.07, 6.45) is 0. The van der Waals surface area contributed by atoms with Crippen LogP contribution in [0.15, 0.2) is 48.5 Å². The third-order valence-corrected chi connectivity index (χ3v) is 3.58. The maximum atomic E-state index is 12.3. The second-order valence-corrected chi connectivity index (χ2v) is 5.42. The van der Waals surface area contributed by atoms with Crippen molar-refractivity contribution in [2.24, 2.45) is 0 Å². The molecule has 128 valence electrons. The number of ether oxygens (including phenoxy) is 2. The molecule has 0 saturated carbocycles. The van der Waals surface area contributed by atoms with Crippen LogP contribution in [-0.4, -0.2) is 19.7 Å². The summed E-state index contributed by atoms with van der Waals surface area (Å²) in [6.45, 7) is 4.94. The molecule has 1 atom stereocenters. The van der Waals surface area contributed by atoms with E-state index in [1.807, 2.05) is 62.4 Å². The van der Waals surface area contributed by atoms with Gasteiger partial charge in [-0.25, -0.2) is 4.79 Å². The summed E-state index contributed by atoms with van der Waals surface area (Å²) in [5, 5.41) is 5.81. The fourth-order valence-electron chi connectivity index (χ4n) is 2.40. The molecular weight excluding hydrogens is 304 g/mol. The Morgan fingerprint density at radius 2 is 1.96 bits per heavy atom. The number of carbonyl (C=O) groups excluding carboxylic acids is 1. The minimum atomic E-state index is -0.257. The van der Waals surface area contributed by atoms with Crippen molar-refractivity contribution in [1.29, 1.82) is 0 Å². The van der Waals surface area contributed by atoms with Crippen LogP contribution in [0.25, 0.3) is 0 Å². The van der Waals surface area contributed by atoms with Gasteiger partial charge in [-0.15, -0.1) is 0 Å². The van der Waals surface area contributed by atoms with Crippen LogP contribution in [0.3, 0.4) is 0 Å². The quantitative estimate of drug-likeness (QED) is 0.804. The van der Waals surface area contributed by atoms with Gasteiger partial charge in [-0.1, -0.05) is 30.3 Å². The summed E-state index contributed by atoms with van der Waals surface area (Å²) in [5.41, 5.74) is 2.66. The smallest absolute Gasteiger partial charge is 0.319 e. The number of anilines is 1. The monoisotopic (exact) mass is 328 g/mol. The van der Waals surface area contributed by atoms with Crippen LogP contribution in [0.4, 0.5) is 10.5 Å². The highest BCUT2D eigenvalue weighted by Crippen LogP contribution is 2.20. The first kappa shape index (κ1) is 17.8. The van der Waals surface area contributed by atoms with E-state index < -0.39 is 0 Å². The maximum Gasteiger partial charge on any atom is 0.319 e. The fourth-order valence-corrected chi connectivity index (χ4v) is 2.40. The first-order chi connectivity index (χ1) is 11.6. The van der Waals surface area contributed by atoms with Gasteiger partial charge in [0.15, 0.2) is 0 Å². The van der Waals surface area contributed by atoms with Crippen LogP contribution in [0.5, 0.6) is 5.75 Å². The zero-order valence-corrected chi connectivity index (χ0v) is 14.3. The van der Waals surface area contributed by atoms with Crippen LogP contribution in [0.1, 0.15) is 31.0 Å². The Bertz CT molecular complexity index is 673. The van der Waals surface area contributed by atoms with Crippen molar-refractivity contribution in [2.45, 2.75) is 26.5 Å². The highest BCUT2D eigenvalue weighted by molar-refractivity contribution is 5.90. The molecule has 2 aromatic rings. The topological polar surface area (TPSA) is 59.6 Å². The third-order valence-electron chi connectivity index (χ3n) is 3.58. The molecule has 0 aliphatic carbocycles. The van der Waals surface area contributed by atoms with Crippen molar-refractivity contribution in [3.05, 3.63) is 59.7 Å². The van der Waals surface area contributed by atoms with Crippen molar-refractivity contribution in [3.63, 3.8) is 0 Å². The van der Waals surface area contributed by atoms with E-state index in [0.717, 1.165) is 22.6 Å². The Morgan fingerprint density at radius 3 is 2.71 bits per heavy atom. The molecule has 2 aromatic carbocycles. The van der Waals surface area contributed by atoms with Gasteiger partial charge in [-0.3, -0.25) is 0 Å². The first-order valence-electron chi connectivity index (χ1n) is 8.01. The third kappa shape index (κ3) is 4.99. The molecule has 0 fully saturated rings. The van der Waals surface area contributed by atoms with E-state index in [4.69, 9.17) is 9.47 Å². The average Bonchev–Trinajstić information content (AvgIpc) is 2.57. The first-order valence-corrected chi connectivity index (χ1v) is 8.01. The normalized spacial score (nSPS) is 11.6. The second-order valence-electron chi connectivity index (χ2n) is 5.42. The number of urea groups is 1.